The second-order valence-corrected chi connectivity index (χ2v) is 10.5. The topological polar surface area (TPSA) is 52.6 Å². The number of amides is 2. The molecule has 0 spiro atoms. The van der Waals surface area contributed by atoms with Crippen LogP contribution in [-0.4, -0.2) is 49.4 Å². The average molecular weight is 462 g/mol. The molecule has 1 N–H and O–H groups in total. The molecule has 5 nitrogen and oxygen atoms in total. The number of carbonyl (C=O) groups excluding carboxylic acids is 2. The second-order valence-electron chi connectivity index (χ2n) is 8.78. The van der Waals surface area contributed by atoms with Gasteiger partial charge in [-0.3, -0.25) is 9.59 Å². The van der Waals surface area contributed by atoms with Crippen molar-refractivity contribution in [2.45, 2.75) is 39.5 Å². The van der Waals surface area contributed by atoms with E-state index in [1.165, 1.54) is 16.9 Å². The van der Waals surface area contributed by atoms with Crippen molar-refractivity contribution in [2.24, 2.45) is 5.92 Å². The highest BCUT2D eigenvalue weighted by Gasteiger charge is 2.31. The number of rotatable bonds is 9. The largest absolute Gasteiger partial charge is 0.351 e. The van der Waals surface area contributed by atoms with Gasteiger partial charge in [0.2, 0.25) is 5.91 Å². The fourth-order valence-electron chi connectivity index (χ4n) is 4.12. The number of nitrogens with one attached hydrogen (secondary N) is 1. The Kier molecular flexibility index (Phi) is 7.78. The molecule has 31 heavy (non-hydrogen) atoms. The highest BCUT2D eigenvalue weighted by atomic mass is 35.5. The third-order valence-electron chi connectivity index (χ3n) is 6.03. The molecule has 1 aliphatic heterocycles. The number of anilines is 1. The summed E-state index contributed by atoms with van der Waals surface area (Å²) in [6.07, 6.45) is 0.445. The molecule has 0 radical (unpaired) electrons. The zero-order chi connectivity index (χ0) is 22.6. The molecule has 2 amide bonds. The minimum atomic E-state index is -0.136. The maximum absolute atomic E-state index is 12.6. The molecule has 168 valence electrons. The Morgan fingerprint density at radius 3 is 2.45 bits per heavy atom. The van der Waals surface area contributed by atoms with E-state index < -0.39 is 0 Å². The summed E-state index contributed by atoms with van der Waals surface area (Å²) >= 11 is 7.16. The molecule has 0 saturated carbocycles. The van der Waals surface area contributed by atoms with Gasteiger partial charge in [-0.2, -0.15) is 0 Å². The minimum Gasteiger partial charge on any atom is -0.351 e. The van der Waals surface area contributed by atoms with Crippen LogP contribution in [0.5, 0.6) is 0 Å². The molecular weight excluding hydrogens is 430 g/mol. The van der Waals surface area contributed by atoms with Crippen molar-refractivity contribution in [2.75, 3.05) is 37.6 Å². The van der Waals surface area contributed by atoms with Crippen molar-refractivity contribution in [1.29, 1.82) is 0 Å². The predicted molar refractivity (Wildman–Crippen MR) is 129 cm³/mol. The van der Waals surface area contributed by atoms with Crippen molar-refractivity contribution in [3.63, 3.8) is 0 Å². The molecule has 1 aliphatic rings. The van der Waals surface area contributed by atoms with Crippen LogP contribution in [0.3, 0.4) is 0 Å². The first-order chi connectivity index (χ1) is 14.7. The van der Waals surface area contributed by atoms with Gasteiger partial charge in [-0.05, 0) is 42.9 Å². The summed E-state index contributed by atoms with van der Waals surface area (Å²) in [5, 5.41) is 2.93. The third kappa shape index (κ3) is 5.88. The number of halogens is 1. The highest BCUT2D eigenvalue weighted by Crippen LogP contribution is 2.30. The van der Waals surface area contributed by atoms with Crippen molar-refractivity contribution < 1.29 is 9.59 Å². The summed E-state index contributed by atoms with van der Waals surface area (Å²) in [6.45, 7) is 13.1. The first-order valence-corrected chi connectivity index (χ1v) is 12.1. The van der Waals surface area contributed by atoms with Crippen LogP contribution in [0, 0.1) is 5.92 Å². The first kappa shape index (κ1) is 23.8. The minimum absolute atomic E-state index is 0.0388. The zero-order valence-electron chi connectivity index (χ0n) is 18.8. The van der Waals surface area contributed by atoms with Gasteiger partial charge in [0.15, 0.2) is 0 Å². The molecular formula is C24H32ClN3O2S. The number of hydrogen-bond acceptors (Lipinski definition) is 4. The predicted octanol–water partition coefficient (Wildman–Crippen LogP) is 4.80. The van der Waals surface area contributed by atoms with Gasteiger partial charge in [0.05, 0.1) is 9.21 Å². The van der Waals surface area contributed by atoms with Gasteiger partial charge in [0.1, 0.15) is 0 Å². The molecule has 1 aromatic heterocycles. The van der Waals surface area contributed by atoms with Gasteiger partial charge in [0.25, 0.3) is 5.91 Å². The Morgan fingerprint density at radius 2 is 1.87 bits per heavy atom. The van der Waals surface area contributed by atoms with Crippen LogP contribution >= 0.6 is 22.9 Å². The maximum Gasteiger partial charge on any atom is 0.261 e. The number of hydrogen-bond donors (Lipinski definition) is 1. The number of nitrogens with zero attached hydrogens (tertiary/aromatic N) is 2. The highest BCUT2D eigenvalue weighted by molar-refractivity contribution is 7.17. The lowest BCUT2D eigenvalue weighted by Gasteiger charge is -2.32. The molecule has 2 heterocycles. The summed E-state index contributed by atoms with van der Waals surface area (Å²) in [5.41, 5.74) is 2.23. The third-order valence-corrected chi connectivity index (χ3v) is 7.26. The summed E-state index contributed by atoms with van der Waals surface area (Å²) < 4.78 is 0.594. The van der Waals surface area contributed by atoms with Crippen LogP contribution in [-0.2, 0) is 10.2 Å². The molecule has 0 bridgehead atoms. The standard InChI is InChI=1S/C24H32ClN3O2S/c1-5-27(6-2)16-24(3,4)18-7-9-19(10-8-18)28-15-17(13-22(28)29)14-26-23(30)20-11-12-21(25)31-20/h7-12,17H,5-6,13-16H2,1-4H3,(H,26,30). The van der Waals surface area contributed by atoms with E-state index in [1.54, 1.807) is 12.1 Å². The molecule has 3 rings (SSSR count). The molecule has 1 unspecified atom stereocenters. The Labute approximate surface area is 194 Å². The van der Waals surface area contributed by atoms with Gasteiger partial charge in [-0.15, -0.1) is 11.3 Å². The Balaban J connectivity index is 1.59. The van der Waals surface area contributed by atoms with Crippen molar-refractivity contribution in [3.05, 3.63) is 51.2 Å². The van der Waals surface area contributed by atoms with Crippen LogP contribution in [0.2, 0.25) is 4.34 Å². The maximum atomic E-state index is 12.6. The Morgan fingerprint density at radius 1 is 1.19 bits per heavy atom. The summed E-state index contributed by atoms with van der Waals surface area (Å²) in [6, 6.07) is 11.8. The number of benzene rings is 1. The van der Waals surface area contributed by atoms with Gasteiger partial charge in [-0.1, -0.05) is 51.4 Å². The van der Waals surface area contributed by atoms with E-state index in [9.17, 15) is 9.59 Å². The van der Waals surface area contributed by atoms with E-state index in [-0.39, 0.29) is 23.1 Å². The normalized spacial score (nSPS) is 16.9. The quantitative estimate of drug-likeness (QED) is 0.583. The average Bonchev–Trinajstić information content (AvgIpc) is 3.35. The monoisotopic (exact) mass is 461 g/mol. The molecule has 7 heteroatoms. The van der Waals surface area contributed by atoms with E-state index >= 15 is 0 Å². The van der Waals surface area contributed by atoms with Gasteiger partial charge < -0.3 is 15.1 Å². The van der Waals surface area contributed by atoms with Crippen LogP contribution in [0.25, 0.3) is 0 Å². The fourth-order valence-corrected chi connectivity index (χ4v) is 5.08. The molecule has 1 atom stereocenters. The van der Waals surface area contributed by atoms with E-state index in [0.717, 1.165) is 25.3 Å². The van der Waals surface area contributed by atoms with Crippen molar-refractivity contribution in [3.8, 4) is 0 Å². The lowest BCUT2D eigenvalue weighted by atomic mass is 9.84. The second kappa shape index (κ2) is 10.2. The van der Waals surface area contributed by atoms with E-state index in [4.69, 9.17) is 11.6 Å². The molecule has 2 aromatic rings. The number of likely N-dealkylation sites (N-methyl/N-ethyl adjacent to an activating group) is 1. The smallest absolute Gasteiger partial charge is 0.261 e. The van der Waals surface area contributed by atoms with Crippen molar-refractivity contribution >= 4 is 40.4 Å². The zero-order valence-corrected chi connectivity index (χ0v) is 20.4. The number of carbonyl (C=O) groups is 2. The summed E-state index contributed by atoms with van der Waals surface area (Å²) in [4.78, 5) is 29.7. The fraction of sp³-hybridized carbons (Fsp3) is 0.500. The van der Waals surface area contributed by atoms with Gasteiger partial charge in [-0.25, -0.2) is 0 Å². The molecule has 1 aromatic carbocycles. The van der Waals surface area contributed by atoms with Gasteiger partial charge >= 0.3 is 0 Å². The van der Waals surface area contributed by atoms with Crippen LogP contribution < -0.4 is 10.2 Å². The van der Waals surface area contributed by atoms with E-state index in [2.05, 4.69) is 50.0 Å². The SMILES string of the molecule is CCN(CC)CC(C)(C)c1ccc(N2CC(CNC(=O)c3ccc(Cl)s3)CC2=O)cc1. The Hall–Kier alpha value is -1.89. The molecule has 0 aliphatic carbocycles. The summed E-state index contributed by atoms with van der Waals surface area (Å²) in [7, 11) is 0. The van der Waals surface area contributed by atoms with Crippen LogP contribution in [0.15, 0.2) is 36.4 Å². The summed E-state index contributed by atoms with van der Waals surface area (Å²) in [5.74, 6) is 0.0711. The lowest BCUT2D eigenvalue weighted by Crippen LogP contribution is -2.36. The van der Waals surface area contributed by atoms with Crippen LogP contribution in [0.4, 0.5) is 5.69 Å². The Bertz CT molecular complexity index is 906. The van der Waals surface area contributed by atoms with E-state index in [1.807, 2.05) is 17.0 Å². The van der Waals surface area contributed by atoms with Crippen molar-refractivity contribution in [1.82, 2.24) is 10.2 Å². The van der Waals surface area contributed by atoms with Crippen LogP contribution in [0.1, 0.15) is 49.4 Å². The molecule has 1 saturated heterocycles. The number of thiophene rings is 1. The lowest BCUT2D eigenvalue weighted by molar-refractivity contribution is -0.117. The van der Waals surface area contributed by atoms with E-state index in [0.29, 0.717) is 28.7 Å². The van der Waals surface area contributed by atoms with Gasteiger partial charge in [0, 0.05) is 43.1 Å². The molecule has 1 fully saturated rings. The first-order valence-electron chi connectivity index (χ1n) is 10.9.